The molecule has 0 spiro atoms. The molecular formula is C15H11ClN4. The molecule has 3 aromatic rings. The molecule has 0 saturated heterocycles. The summed E-state index contributed by atoms with van der Waals surface area (Å²) in [7, 11) is 0. The molecule has 0 radical (unpaired) electrons. The SMILES string of the molecule is Cc1cc(-c2ccc(Cl)cc2)n2nc(C)c(C#N)c2n1. The zero-order valence-electron chi connectivity index (χ0n) is 11.1. The minimum Gasteiger partial charge on any atom is -0.233 e. The van der Waals surface area contributed by atoms with Crippen LogP contribution in [0.1, 0.15) is 17.0 Å². The molecule has 1 aromatic carbocycles. The van der Waals surface area contributed by atoms with Crippen LogP contribution in [-0.2, 0) is 0 Å². The van der Waals surface area contributed by atoms with Crippen LogP contribution >= 0.6 is 11.6 Å². The first-order chi connectivity index (χ1) is 9.60. The first-order valence-corrected chi connectivity index (χ1v) is 6.51. The van der Waals surface area contributed by atoms with Gasteiger partial charge >= 0.3 is 0 Å². The van der Waals surface area contributed by atoms with E-state index in [0.717, 1.165) is 17.0 Å². The van der Waals surface area contributed by atoms with Crippen molar-refractivity contribution >= 4 is 17.2 Å². The smallest absolute Gasteiger partial charge is 0.174 e. The van der Waals surface area contributed by atoms with Gasteiger partial charge in [0.05, 0.1) is 11.4 Å². The van der Waals surface area contributed by atoms with Gasteiger partial charge < -0.3 is 0 Å². The molecule has 5 heteroatoms. The first kappa shape index (κ1) is 12.6. The molecule has 3 rings (SSSR count). The van der Waals surface area contributed by atoms with Crippen LogP contribution in [0.3, 0.4) is 0 Å². The molecule has 0 saturated carbocycles. The third-order valence-corrected chi connectivity index (χ3v) is 3.40. The molecule has 0 aliphatic heterocycles. The summed E-state index contributed by atoms with van der Waals surface area (Å²) < 4.78 is 1.71. The van der Waals surface area contributed by atoms with E-state index in [9.17, 15) is 5.26 Å². The van der Waals surface area contributed by atoms with Crippen LogP contribution < -0.4 is 0 Å². The van der Waals surface area contributed by atoms with E-state index in [-0.39, 0.29) is 0 Å². The maximum Gasteiger partial charge on any atom is 0.174 e. The first-order valence-electron chi connectivity index (χ1n) is 6.13. The normalized spacial score (nSPS) is 10.7. The highest BCUT2D eigenvalue weighted by atomic mass is 35.5. The fourth-order valence-electron chi connectivity index (χ4n) is 2.20. The average molecular weight is 283 g/mol. The second-order valence-corrected chi connectivity index (χ2v) is 5.03. The van der Waals surface area contributed by atoms with Crippen molar-refractivity contribution < 1.29 is 0 Å². The topological polar surface area (TPSA) is 54.0 Å². The standard InChI is InChI=1S/C15H11ClN4/c1-9-7-14(11-3-5-12(16)6-4-11)20-15(18-9)13(8-17)10(2)19-20/h3-7H,1-2H3. The Morgan fingerprint density at radius 1 is 1.20 bits per heavy atom. The summed E-state index contributed by atoms with van der Waals surface area (Å²) in [6, 6.07) is 11.6. The number of halogens is 1. The summed E-state index contributed by atoms with van der Waals surface area (Å²) in [5.74, 6) is 0. The monoisotopic (exact) mass is 282 g/mol. The van der Waals surface area contributed by atoms with Gasteiger partial charge in [0.2, 0.25) is 0 Å². The Bertz CT molecular complexity index is 841. The second kappa shape index (κ2) is 4.62. The second-order valence-electron chi connectivity index (χ2n) is 4.60. The van der Waals surface area contributed by atoms with E-state index < -0.39 is 0 Å². The summed E-state index contributed by atoms with van der Waals surface area (Å²) in [5, 5.41) is 14.3. The van der Waals surface area contributed by atoms with Crippen molar-refractivity contribution in [1.29, 1.82) is 5.26 Å². The van der Waals surface area contributed by atoms with Crippen LogP contribution in [0.4, 0.5) is 0 Å². The quantitative estimate of drug-likeness (QED) is 0.686. The Morgan fingerprint density at radius 3 is 2.55 bits per heavy atom. The number of benzene rings is 1. The number of nitrogens with zero attached hydrogens (tertiary/aromatic N) is 4. The highest BCUT2D eigenvalue weighted by molar-refractivity contribution is 6.30. The molecule has 4 nitrogen and oxygen atoms in total. The third kappa shape index (κ3) is 1.93. The molecule has 0 bridgehead atoms. The number of hydrogen-bond donors (Lipinski definition) is 0. The highest BCUT2D eigenvalue weighted by Crippen LogP contribution is 2.24. The average Bonchev–Trinajstić information content (AvgIpc) is 2.74. The molecule has 20 heavy (non-hydrogen) atoms. The summed E-state index contributed by atoms with van der Waals surface area (Å²) in [4.78, 5) is 4.42. The molecular weight excluding hydrogens is 272 g/mol. The fraction of sp³-hybridized carbons (Fsp3) is 0.133. The molecule has 0 aliphatic rings. The Morgan fingerprint density at radius 2 is 1.90 bits per heavy atom. The number of hydrogen-bond acceptors (Lipinski definition) is 3. The van der Waals surface area contributed by atoms with Crippen molar-refractivity contribution in [2.45, 2.75) is 13.8 Å². The lowest BCUT2D eigenvalue weighted by Crippen LogP contribution is -1.98. The summed E-state index contributed by atoms with van der Waals surface area (Å²) in [6.45, 7) is 3.72. The number of aryl methyl sites for hydroxylation is 2. The molecule has 0 amide bonds. The molecule has 0 N–H and O–H groups in total. The summed E-state index contributed by atoms with van der Waals surface area (Å²) in [5.41, 5.74) is 4.52. The number of rotatable bonds is 1. The van der Waals surface area contributed by atoms with E-state index in [1.807, 2.05) is 44.2 Å². The van der Waals surface area contributed by atoms with Crippen LogP contribution in [-0.4, -0.2) is 14.6 Å². The van der Waals surface area contributed by atoms with Crippen LogP contribution in [0.25, 0.3) is 16.9 Å². The van der Waals surface area contributed by atoms with Crippen molar-refractivity contribution in [2.75, 3.05) is 0 Å². The van der Waals surface area contributed by atoms with E-state index >= 15 is 0 Å². The van der Waals surface area contributed by atoms with Gasteiger partial charge in [-0.25, -0.2) is 9.50 Å². The Hall–Kier alpha value is -2.38. The van der Waals surface area contributed by atoms with Gasteiger partial charge in [0.25, 0.3) is 0 Å². The Kier molecular flexibility index (Phi) is 2.92. The van der Waals surface area contributed by atoms with Crippen LogP contribution in [0.2, 0.25) is 5.02 Å². The van der Waals surface area contributed by atoms with Gasteiger partial charge in [-0.1, -0.05) is 23.7 Å². The van der Waals surface area contributed by atoms with Gasteiger partial charge in [-0.05, 0) is 32.0 Å². The molecule has 0 fully saturated rings. The Balaban J connectivity index is 2.36. The summed E-state index contributed by atoms with van der Waals surface area (Å²) >= 11 is 5.92. The minimum absolute atomic E-state index is 0.518. The lowest BCUT2D eigenvalue weighted by Gasteiger charge is -2.06. The zero-order valence-corrected chi connectivity index (χ0v) is 11.8. The Labute approximate surface area is 121 Å². The number of fused-ring (bicyclic) bond motifs is 1. The van der Waals surface area contributed by atoms with Crippen molar-refractivity contribution in [3.8, 4) is 17.3 Å². The van der Waals surface area contributed by atoms with Gasteiger partial charge in [-0.15, -0.1) is 0 Å². The minimum atomic E-state index is 0.518. The van der Waals surface area contributed by atoms with E-state index in [0.29, 0.717) is 21.9 Å². The predicted octanol–water partition coefficient (Wildman–Crippen LogP) is 3.54. The number of nitriles is 1. The lowest BCUT2D eigenvalue weighted by molar-refractivity contribution is 0.917. The predicted molar refractivity (Wildman–Crippen MR) is 77.6 cm³/mol. The van der Waals surface area contributed by atoms with Gasteiger partial charge in [-0.3, -0.25) is 0 Å². The largest absolute Gasteiger partial charge is 0.233 e. The van der Waals surface area contributed by atoms with Crippen LogP contribution in [0.15, 0.2) is 30.3 Å². The maximum atomic E-state index is 9.23. The summed E-state index contributed by atoms with van der Waals surface area (Å²) in [6.07, 6.45) is 0. The zero-order chi connectivity index (χ0) is 14.3. The van der Waals surface area contributed by atoms with Gasteiger partial charge in [0, 0.05) is 16.3 Å². The van der Waals surface area contributed by atoms with Gasteiger partial charge in [0.15, 0.2) is 5.65 Å². The van der Waals surface area contributed by atoms with Crippen molar-refractivity contribution in [2.24, 2.45) is 0 Å². The highest BCUT2D eigenvalue weighted by Gasteiger charge is 2.14. The van der Waals surface area contributed by atoms with Gasteiger partial charge in [-0.2, -0.15) is 10.4 Å². The molecule has 0 aliphatic carbocycles. The van der Waals surface area contributed by atoms with E-state index in [4.69, 9.17) is 11.6 Å². The maximum absolute atomic E-state index is 9.23. The third-order valence-electron chi connectivity index (χ3n) is 3.14. The fourth-order valence-corrected chi connectivity index (χ4v) is 2.33. The van der Waals surface area contributed by atoms with Crippen LogP contribution in [0, 0.1) is 25.2 Å². The van der Waals surface area contributed by atoms with E-state index in [1.165, 1.54) is 0 Å². The molecule has 2 heterocycles. The number of aromatic nitrogens is 3. The molecule has 2 aromatic heterocycles. The van der Waals surface area contributed by atoms with E-state index in [1.54, 1.807) is 4.52 Å². The molecule has 0 unspecified atom stereocenters. The van der Waals surface area contributed by atoms with Gasteiger partial charge in [0.1, 0.15) is 11.6 Å². The van der Waals surface area contributed by atoms with Crippen molar-refractivity contribution in [3.63, 3.8) is 0 Å². The van der Waals surface area contributed by atoms with Crippen molar-refractivity contribution in [3.05, 3.63) is 52.3 Å². The van der Waals surface area contributed by atoms with E-state index in [2.05, 4.69) is 16.2 Å². The molecule has 98 valence electrons. The van der Waals surface area contributed by atoms with Crippen molar-refractivity contribution in [1.82, 2.24) is 14.6 Å². The van der Waals surface area contributed by atoms with Crippen LogP contribution in [0.5, 0.6) is 0 Å². The lowest BCUT2D eigenvalue weighted by atomic mass is 10.1. The molecule has 0 atom stereocenters.